The monoisotopic (exact) mass is 490 g/mol. The van der Waals surface area contributed by atoms with Crippen LogP contribution < -0.4 is 10.1 Å². The third-order valence-corrected chi connectivity index (χ3v) is 5.29. The first kappa shape index (κ1) is 30.2. The minimum atomic E-state index is -4.45. The summed E-state index contributed by atoms with van der Waals surface area (Å²) < 4.78 is 40.9. The Labute approximate surface area is 201 Å². The summed E-state index contributed by atoms with van der Waals surface area (Å²) in [5.74, 6) is -1.21. The second-order valence-corrected chi connectivity index (χ2v) is 9.55. The largest absolute Gasteiger partial charge is 0.484 e. The number of aliphatic hydroxyl groups is 1. The van der Waals surface area contributed by atoms with Crippen LogP contribution in [0.5, 0.6) is 5.75 Å². The average Bonchev–Trinajstić information content (AvgIpc) is 3.58. The fourth-order valence-electron chi connectivity index (χ4n) is 3.33. The molecular weight excluding hydrogens is 449 g/mol. The number of carboxylic acid groups (broad SMARTS) is 1. The topological polar surface area (TPSA) is 91.7 Å². The number of nitrogens with one attached hydrogen (secondary N) is 1. The zero-order valence-electron chi connectivity index (χ0n) is 20.7. The first-order valence-electron chi connectivity index (χ1n) is 12.3. The highest BCUT2D eigenvalue weighted by atomic mass is 19.4. The lowest BCUT2D eigenvalue weighted by molar-refractivity contribution is -0.153. The van der Waals surface area contributed by atoms with E-state index in [1.807, 2.05) is 13.8 Å². The molecule has 6 nitrogen and oxygen atoms in total. The predicted molar refractivity (Wildman–Crippen MR) is 126 cm³/mol. The molecule has 2 rings (SSSR count). The first-order chi connectivity index (χ1) is 15.9. The molecule has 0 radical (unpaired) electrons. The van der Waals surface area contributed by atoms with Gasteiger partial charge in [0.15, 0.2) is 12.3 Å². The normalized spacial score (nSPS) is 13.9. The molecule has 0 aliphatic heterocycles. The van der Waals surface area contributed by atoms with Gasteiger partial charge in [0.2, 0.25) is 0 Å². The van der Waals surface area contributed by atoms with Crippen LogP contribution in [-0.2, 0) is 0 Å². The Balaban J connectivity index is 0.000000344. The number of hydrogen-bond acceptors (Lipinski definition) is 5. The summed E-state index contributed by atoms with van der Waals surface area (Å²) in [6.45, 7) is 6.24. The van der Waals surface area contributed by atoms with E-state index in [1.54, 1.807) is 0 Å². The lowest BCUT2D eigenvalue weighted by atomic mass is 10.1. The number of carbonyl (C=O) groups is 1. The molecule has 0 bridgehead atoms. The van der Waals surface area contributed by atoms with E-state index >= 15 is 0 Å². The zero-order chi connectivity index (χ0) is 25.6. The van der Waals surface area contributed by atoms with Gasteiger partial charge in [-0.2, -0.15) is 13.2 Å². The predicted octanol–water partition coefficient (Wildman–Crippen LogP) is 6.09. The number of aromatic carboxylic acids is 1. The Morgan fingerprint density at radius 3 is 2.21 bits per heavy atom. The molecule has 9 heteroatoms. The first-order valence-corrected chi connectivity index (χ1v) is 12.3. The molecule has 1 aliphatic carbocycles. The maximum Gasteiger partial charge on any atom is 0.422 e. The Hall–Kier alpha value is -1.87. The van der Waals surface area contributed by atoms with Crippen molar-refractivity contribution in [2.45, 2.75) is 103 Å². The minimum absolute atomic E-state index is 0.0396. The highest BCUT2D eigenvalue weighted by molar-refractivity contribution is 5.85. The van der Waals surface area contributed by atoms with Gasteiger partial charge in [-0.15, -0.1) is 0 Å². The van der Waals surface area contributed by atoms with Crippen molar-refractivity contribution in [3.8, 4) is 5.75 Å². The third kappa shape index (κ3) is 15.1. The molecular formula is C25H41F3N2O4. The summed E-state index contributed by atoms with van der Waals surface area (Å²) in [5, 5.41) is 21.5. The Morgan fingerprint density at radius 2 is 1.71 bits per heavy atom. The number of aromatic nitrogens is 1. The van der Waals surface area contributed by atoms with Gasteiger partial charge in [-0.05, 0) is 45.6 Å². The summed E-state index contributed by atoms with van der Waals surface area (Å²) in [6.07, 6.45) is 9.42. The SMILES string of the molecule is CCCCCCCCCCNCC(C)(C)O.O=C(O)c1cc(OCC(F)(F)F)c(C2CC2)cn1. The van der Waals surface area contributed by atoms with E-state index in [9.17, 15) is 23.1 Å². The van der Waals surface area contributed by atoms with E-state index in [4.69, 9.17) is 5.11 Å². The fourth-order valence-corrected chi connectivity index (χ4v) is 3.33. The van der Waals surface area contributed by atoms with Crippen LogP contribution in [-0.4, -0.2) is 52.6 Å². The van der Waals surface area contributed by atoms with Gasteiger partial charge in [-0.3, -0.25) is 0 Å². The van der Waals surface area contributed by atoms with E-state index in [0.717, 1.165) is 25.5 Å². The van der Waals surface area contributed by atoms with E-state index < -0.39 is 24.4 Å². The van der Waals surface area contributed by atoms with Gasteiger partial charge in [-0.1, -0.05) is 51.9 Å². The number of halogens is 3. The molecule has 1 aromatic rings. The molecule has 0 spiro atoms. The molecule has 0 amide bonds. The van der Waals surface area contributed by atoms with Crippen LogP contribution in [0.3, 0.4) is 0 Å². The third-order valence-electron chi connectivity index (χ3n) is 5.29. The number of unbranched alkanes of at least 4 members (excludes halogenated alkanes) is 7. The van der Waals surface area contributed by atoms with Gasteiger partial charge in [0.25, 0.3) is 0 Å². The summed E-state index contributed by atoms with van der Waals surface area (Å²) in [6, 6.07) is 1.04. The van der Waals surface area contributed by atoms with E-state index in [0.29, 0.717) is 12.1 Å². The fraction of sp³-hybridized carbons (Fsp3) is 0.760. The lowest BCUT2D eigenvalue weighted by Crippen LogP contribution is -2.35. The van der Waals surface area contributed by atoms with Crippen LogP contribution in [0.4, 0.5) is 13.2 Å². The molecule has 3 N–H and O–H groups in total. The van der Waals surface area contributed by atoms with Gasteiger partial charge >= 0.3 is 12.1 Å². The Kier molecular flexibility index (Phi) is 13.5. The quantitative estimate of drug-likeness (QED) is 0.258. The van der Waals surface area contributed by atoms with Gasteiger partial charge in [0.05, 0.1) is 5.60 Å². The van der Waals surface area contributed by atoms with Crippen molar-refractivity contribution in [2.75, 3.05) is 19.7 Å². The van der Waals surface area contributed by atoms with E-state index in [2.05, 4.69) is 22.0 Å². The average molecular weight is 491 g/mol. The maximum absolute atomic E-state index is 12.1. The molecule has 0 atom stereocenters. The highest BCUT2D eigenvalue weighted by Crippen LogP contribution is 2.44. The summed E-state index contributed by atoms with van der Waals surface area (Å²) in [4.78, 5) is 14.4. The van der Waals surface area contributed by atoms with Crippen LogP contribution in [0.2, 0.25) is 0 Å². The smallest absolute Gasteiger partial charge is 0.422 e. The molecule has 1 aliphatic rings. The summed E-state index contributed by atoms with van der Waals surface area (Å²) in [5.41, 5.74) is -0.346. The maximum atomic E-state index is 12.1. The van der Waals surface area contributed by atoms with Gasteiger partial charge in [-0.25, -0.2) is 9.78 Å². The Bertz CT molecular complexity index is 717. The van der Waals surface area contributed by atoms with Crippen LogP contribution in [0.1, 0.15) is 107 Å². The van der Waals surface area contributed by atoms with Gasteiger partial charge in [0, 0.05) is 24.4 Å². The molecule has 1 fully saturated rings. The van der Waals surface area contributed by atoms with Crippen LogP contribution in [0.25, 0.3) is 0 Å². The van der Waals surface area contributed by atoms with Crippen LogP contribution in [0.15, 0.2) is 12.3 Å². The number of pyridine rings is 1. The molecule has 34 heavy (non-hydrogen) atoms. The number of ether oxygens (including phenoxy) is 1. The number of rotatable bonds is 15. The number of alkyl halides is 3. The molecule has 0 aromatic carbocycles. The number of carboxylic acids is 1. The standard InChI is InChI=1S/C14H31NO.C11H10F3NO3/c1-4-5-6-7-8-9-10-11-12-15-13-14(2,3)16;12-11(13,14)5-18-9-3-8(10(16)17)15-4-7(9)6-1-2-6/h15-16H,4-13H2,1-3H3;3-4,6H,1-2,5H2,(H,16,17). The second kappa shape index (κ2) is 15.2. The lowest BCUT2D eigenvalue weighted by Gasteiger charge is -2.17. The molecule has 0 unspecified atom stereocenters. The van der Waals surface area contributed by atoms with Crippen molar-refractivity contribution >= 4 is 5.97 Å². The molecule has 0 saturated heterocycles. The molecule has 1 saturated carbocycles. The zero-order valence-corrected chi connectivity index (χ0v) is 20.7. The molecule has 1 heterocycles. The molecule has 1 aromatic heterocycles. The van der Waals surface area contributed by atoms with Crippen LogP contribution in [0, 0.1) is 0 Å². The number of nitrogens with zero attached hydrogens (tertiary/aromatic N) is 1. The van der Waals surface area contributed by atoms with Crippen molar-refractivity contribution < 1.29 is 32.9 Å². The van der Waals surface area contributed by atoms with E-state index in [-0.39, 0.29) is 17.4 Å². The highest BCUT2D eigenvalue weighted by Gasteiger charge is 2.32. The number of hydrogen-bond donors (Lipinski definition) is 3. The van der Waals surface area contributed by atoms with Crippen LogP contribution >= 0.6 is 0 Å². The molecule has 196 valence electrons. The van der Waals surface area contributed by atoms with Crippen molar-refractivity contribution in [1.29, 1.82) is 0 Å². The van der Waals surface area contributed by atoms with E-state index in [1.165, 1.54) is 57.6 Å². The Morgan fingerprint density at radius 1 is 1.12 bits per heavy atom. The van der Waals surface area contributed by atoms with Gasteiger partial charge in [0.1, 0.15) is 5.75 Å². The van der Waals surface area contributed by atoms with Crippen molar-refractivity contribution in [3.05, 3.63) is 23.5 Å². The summed E-state index contributed by atoms with van der Waals surface area (Å²) >= 11 is 0. The van der Waals surface area contributed by atoms with Crippen molar-refractivity contribution in [1.82, 2.24) is 10.3 Å². The summed E-state index contributed by atoms with van der Waals surface area (Å²) in [7, 11) is 0. The van der Waals surface area contributed by atoms with Crippen molar-refractivity contribution in [3.63, 3.8) is 0 Å². The second-order valence-electron chi connectivity index (χ2n) is 9.55. The van der Waals surface area contributed by atoms with Crippen molar-refractivity contribution in [2.24, 2.45) is 0 Å². The minimum Gasteiger partial charge on any atom is -0.484 e. The van der Waals surface area contributed by atoms with Gasteiger partial charge < -0.3 is 20.3 Å².